The van der Waals surface area contributed by atoms with Crippen molar-refractivity contribution < 1.29 is 28.7 Å². The standard InChI is InChI=1S/C28H26N2O6/c1-17-4-11-24(18(2)14-17)29-25(31)16-36-28(34)20-7-10-22-23(15-20)27(33)30(26(22)32)13-12-19-5-8-21(35-3)9-6-19/h4-11,14-15H,12-13,16H2,1-3H3,(H,29,31). The molecule has 1 N–H and O–H groups in total. The molecule has 0 aromatic heterocycles. The summed E-state index contributed by atoms with van der Waals surface area (Å²) < 4.78 is 10.3. The summed E-state index contributed by atoms with van der Waals surface area (Å²) in [5, 5.41) is 2.71. The fourth-order valence-corrected chi connectivity index (χ4v) is 4.01. The van der Waals surface area contributed by atoms with Crippen LogP contribution >= 0.6 is 0 Å². The van der Waals surface area contributed by atoms with Gasteiger partial charge in [0.05, 0.1) is 23.8 Å². The lowest BCUT2D eigenvalue weighted by Gasteiger charge is -2.13. The number of fused-ring (bicyclic) bond motifs is 1. The number of ether oxygens (including phenoxy) is 2. The maximum absolute atomic E-state index is 12.9. The number of hydrogen-bond donors (Lipinski definition) is 1. The number of imide groups is 1. The van der Waals surface area contributed by atoms with Crippen molar-refractivity contribution in [1.82, 2.24) is 4.90 Å². The van der Waals surface area contributed by atoms with Crippen LogP contribution in [0.3, 0.4) is 0 Å². The highest BCUT2D eigenvalue weighted by atomic mass is 16.5. The monoisotopic (exact) mass is 486 g/mol. The highest BCUT2D eigenvalue weighted by Crippen LogP contribution is 2.25. The van der Waals surface area contributed by atoms with Gasteiger partial charge in [0.1, 0.15) is 5.75 Å². The van der Waals surface area contributed by atoms with Gasteiger partial charge in [-0.2, -0.15) is 0 Å². The second-order valence-electron chi connectivity index (χ2n) is 8.56. The number of nitrogens with zero attached hydrogens (tertiary/aromatic N) is 1. The van der Waals surface area contributed by atoms with Gasteiger partial charge in [0.2, 0.25) is 0 Å². The highest BCUT2D eigenvalue weighted by Gasteiger charge is 2.35. The molecule has 0 unspecified atom stereocenters. The van der Waals surface area contributed by atoms with Gasteiger partial charge in [0, 0.05) is 12.2 Å². The van der Waals surface area contributed by atoms with Gasteiger partial charge in [0.15, 0.2) is 6.61 Å². The molecule has 1 aliphatic heterocycles. The Labute approximate surface area is 208 Å². The second-order valence-corrected chi connectivity index (χ2v) is 8.56. The molecule has 0 saturated carbocycles. The van der Waals surface area contributed by atoms with Gasteiger partial charge in [-0.1, -0.05) is 29.8 Å². The first-order chi connectivity index (χ1) is 17.3. The van der Waals surface area contributed by atoms with Crippen LogP contribution in [0.1, 0.15) is 47.8 Å². The quantitative estimate of drug-likeness (QED) is 0.382. The fourth-order valence-electron chi connectivity index (χ4n) is 4.01. The van der Waals surface area contributed by atoms with Crippen LogP contribution in [0.25, 0.3) is 0 Å². The Bertz CT molecular complexity index is 1350. The summed E-state index contributed by atoms with van der Waals surface area (Å²) in [6, 6.07) is 17.2. The summed E-state index contributed by atoms with van der Waals surface area (Å²) in [5.41, 5.74) is 4.02. The van der Waals surface area contributed by atoms with Gasteiger partial charge in [0.25, 0.3) is 17.7 Å². The van der Waals surface area contributed by atoms with E-state index in [0.717, 1.165) is 22.4 Å². The van der Waals surface area contributed by atoms with Crippen LogP contribution in [0.2, 0.25) is 0 Å². The first kappa shape index (κ1) is 24.7. The molecule has 0 radical (unpaired) electrons. The molecule has 8 nitrogen and oxygen atoms in total. The Balaban J connectivity index is 1.36. The van der Waals surface area contributed by atoms with Crippen LogP contribution in [0.4, 0.5) is 5.69 Å². The number of rotatable bonds is 8. The number of amides is 3. The summed E-state index contributed by atoms with van der Waals surface area (Å²) >= 11 is 0. The van der Waals surface area contributed by atoms with E-state index in [0.29, 0.717) is 12.1 Å². The molecule has 3 aromatic carbocycles. The van der Waals surface area contributed by atoms with Crippen LogP contribution in [0, 0.1) is 13.8 Å². The van der Waals surface area contributed by atoms with E-state index in [9.17, 15) is 19.2 Å². The number of esters is 1. The largest absolute Gasteiger partial charge is 0.497 e. The SMILES string of the molecule is COc1ccc(CCN2C(=O)c3ccc(C(=O)OCC(=O)Nc4ccc(C)cc4C)cc3C2=O)cc1. The average molecular weight is 487 g/mol. The molecule has 0 bridgehead atoms. The zero-order valence-electron chi connectivity index (χ0n) is 20.3. The van der Waals surface area contributed by atoms with Gasteiger partial charge in [-0.15, -0.1) is 0 Å². The van der Waals surface area contributed by atoms with Crippen LogP contribution < -0.4 is 10.1 Å². The number of methoxy groups -OCH3 is 1. The summed E-state index contributed by atoms with van der Waals surface area (Å²) in [4.78, 5) is 51.6. The molecule has 0 atom stereocenters. The van der Waals surface area contributed by atoms with Gasteiger partial charge >= 0.3 is 5.97 Å². The summed E-state index contributed by atoms with van der Waals surface area (Å²) in [7, 11) is 1.58. The van der Waals surface area contributed by atoms with Crippen molar-refractivity contribution >= 4 is 29.4 Å². The lowest BCUT2D eigenvalue weighted by atomic mass is 10.1. The number of carbonyl (C=O) groups is 4. The molecule has 1 heterocycles. The van der Waals surface area contributed by atoms with E-state index < -0.39 is 30.3 Å². The van der Waals surface area contributed by atoms with E-state index in [-0.39, 0.29) is 23.2 Å². The Kier molecular flexibility index (Phi) is 7.15. The van der Waals surface area contributed by atoms with E-state index in [4.69, 9.17) is 9.47 Å². The summed E-state index contributed by atoms with van der Waals surface area (Å²) in [6.07, 6.45) is 0.486. The molecule has 1 aliphatic rings. The number of nitrogens with one attached hydrogen (secondary N) is 1. The number of carbonyl (C=O) groups excluding carboxylic acids is 4. The van der Waals surface area contributed by atoms with Gasteiger partial charge in [-0.05, 0) is 67.8 Å². The third kappa shape index (κ3) is 5.27. The lowest BCUT2D eigenvalue weighted by molar-refractivity contribution is -0.119. The second kappa shape index (κ2) is 10.4. The fraction of sp³-hybridized carbons (Fsp3) is 0.214. The normalized spacial score (nSPS) is 12.4. The van der Waals surface area contributed by atoms with Crippen LogP contribution in [-0.4, -0.2) is 48.9 Å². The van der Waals surface area contributed by atoms with Crippen molar-refractivity contribution in [2.45, 2.75) is 20.3 Å². The van der Waals surface area contributed by atoms with Crippen molar-refractivity contribution in [2.24, 2.45) is 0 Å². The zero-order chi connectivity index (χ0) is 25.8. The number of hydrogen-bond acceptors (Lipinski definition) is 6. The number of benzene rings is 3. The van der Waals surface area contributed by atoms with Crippen molar-refractivity contribution in [2.75, 3.05) is 25.6 Å². The summed E-state index contributed by atoms with van der Waals surface area (Å²) in [6.45, 7) is 3.55. The third-order valence-electron chi connectivity index (χ3n) is 5.98. The van der Waals surface area contributed by atoms with E-state index in [2.05, 4.69) is 5.32 Å². The minimum Gasteiger partial charge on any atom is -0.497 e. The number of aryl methyl sites for hydroxylation is 2. The molecule has 0 aliphatic carbocycles. The molecular formula is C28H26N2O6. The molecular weight excluding hydrogens is 460 g/mol. The van der Waals surface area contributed by atoms with Gasteiger partial charge < -0.3 is 14.8 Å². The first-order valence-corrected chi connectivity index (χ1v) is 11.4. The molecule has 4 rings (SSSR count). The molecule has 3 amide bonds. The average Bonchev–Trinajstić information content (AvgIpc) is 3.12. The van der Waals surface area contributed by atoms with E-state index in [1.165, 1.54) is 23.1 Å². The van der Waals surface area contributed by atoms with Crippen molar-refractivity contribution in [1.29, 1.82) is 0 Å². The molecule has 0 fully saturated rings. The Morgan fingerprint density at radius 2 is 1.61 bits per heavy atom. The van der Waals surface area contributed by atoms with Crippen LogP contribution in [0.5, 0.6) is 5.75 Å². The molecule has 3 aromatic rings. The third-order valence-corrected chi connectivity index (χ3v) is 5.98. The molecule has 184 valence electrons. The van der Waals surface area contributed by atoms with Crippen molar-refractivity contribution in [3.63, 3.8) is 0 Å². The topological polar surface area (TPSA) is 102 Å². The predicted molar refractivity (Wildman–Crippen MR) is 133 cm³/mol. The Morgan fingerprint density at radius 3 is 2.31 bits per heavy atom. The Hall–Kier alpha value is -4.46. The highest BCUT2D eigenvalue weighted by molar-refractivity contribution is 6.22. The van der Waals surface area contributed by atoms with Crippen LogP contribution in [-0.2, 0) is 16.0 Å². The molecule has 0 saturated heterocycles. The van der Waals surface area contributed by atoms with Crippen molar-refractivity contribution in [3.8, 4) is 5.75 Å². The first-order valence-electron chi connectivity index (χ1n) is 11.4. The minimum atomic E-state index is -0.759. The van der Waals surface area contributed by atoms with E-state index in [1.807, 2.05) is 50.2 Å². The van der Waals surface area contributed by atoms with Crippen molar-refractivity contribution in [3.05, 3.63) is 94.0 Å². The summed E-state index contributed by atoms with van der Waals surface area (Å²) in [5.74, 6) is -1.39. The maximum atomic E-state index is 12.9. The smallest absolute Gasteiger partial charge is 0.338 e. The lowest BCUT2D eigenvalue weighted by Crippen LogP contribution is -2.31. The number of anilines is 1. The minimum absolute atomic E-state index is 0.0891. The van der Waals surface area contributed by atoms with Gasteiger partial charge in [-0.3, -0.25) is 19.3 Å². The van der Waals surface area contributed by atoms with E-state index in [1.54, 1.807) is 13.2 Å². The predicted octanol–water partition coefficient (Wildman–Crippen LogP) is 3.95. The molecule has 8 heteroatoms. The van der Waals surface area contributed by atoms with Gasteiger partial charge in [-0.25, -0.2) is 4.79 Å². The maximum Gasteiger partial charge on any atom is 0.338 e. The Morgan fingerprint density at radius 1 is 0.889 bits per heavy atom. The van der Waals surface area contributed by atoms with E-state index >= 15 is 0 Å². The molecule has 0 spiro atoms. The van der Waals surface area contributed by atoms with Crippen LogP contribution in [0.15, 0.2) is 60.7 Å². The molecule has 36 heavy (non-hydrogen) atoms. The zero-order valence-corrected chi connectivity index (χ0v) is 20.3.